The first-order valence-corrected chi connectivity index (χ1v) is 5.72. The Morgan fingerprint density at radius 1 is 0.952 bits per heavy atom. The minimum Gasteiger partial charge on any atom is -0.321 e. The Hall–Kier alpha value is -2.44. The van der Waals surface area contributed by atoms with Crippen LogP contribution in [0.15, 0.2) is 42.5 Å². The summed E-state index contributed by atoms with van der Waals surface area (Å²) in [6.45, 7) is 0. The van der Waals surface area contributed by atoms with Crippen molar-refractivity contribution in [3.8, 4) is 0 Å². The van der Waals surface area contributed by atoms with Gasteiger partial charge in [0.2, 0.25) is 0 Å². The number of anilines is 1. The fourth-order valence-corrected chi connectivity index (χ4v) is 1.71. The maximum Gasteiger partial charge on any atom is 0.418 e. The molecule has 0 spiro atoms. The van der Waals surface area contributed by atoms with Crippen molar-refractivity contribution in [3.05, 3.63) is 65.2 Å². The molecule has 0 radical (unpaired) electrons. The molecule has 2 aromatic carbocycles. The highest BCUT2D eigenvalue weighted by Gasteiger charge is 2.33. The Morgan fingerprint density at radius 3 is 2.29 bits per heavy atom. The van der Waals surface area contributed by atoms with Crippen molar-refractivity contribution >= 4 is 11.6 Å². The largest absolute Gasteiger partial charge is 0.418 e. The van der Waals surface area contributed by atoms with Crippen molar-refractivity contribution in [1.29, 1.82) is 0 Å². The van der Waals surface area contributed by atoms with Gasteiger partial charge in [-0.2, -0.15) is 13.2 Å². The maximum absolute atomic E-state index is 13.4. The lowest BCUT2D eigenvalue weighted by Gasteiger charge is -2.13. The van der Waals surface area contributed by atoms with E-state index in [1.807, 2.05) is 5.32 Å². The molecule has 0 atom stereocenters. The van der Waals surface area contributed by atoms with Crippen molar-refractivity contribution in [1.82, 2.24) is 0 Å². The normalized spacial score (nSPS) is 11.3. The number of carbonyl (C=O) groups is 1. The molecule has 0 bridgehead atoms. The van der Waals surface area contributed by atoms with Crippen molar-refractivity contribution in [2.45, 2.75) is 6.18 Å². The average molecular weight is 301 g/mol. The zero-order chi connectivity index (χ0) is 15.6. The van der Waals surface area contributed by atoms with Crippen LogP contribution in [0.2, 0.25) is 0 Å². The smallest absolute Gasteiger partial charge is 0.321 e. The second kappa shape index (κ2) is 5.51. The highest BCUT2D eigenvalue weighted by molar-refractivity contribution is 6.04. The van der Waals surface area contributed by atoms with Gasteiger partial charge >= 0.3 is 6.18 Å². The molecular weight excluding hydrogens is 293 g/mol. The zero-order valence-corrected chi connectivity index (χ0v) is 10.3. The van der Waals surface area contributed by atoms with Crippen LogP contribution in [0.5, 0.6) is 0 Å². The van der Waals surface area contributed by atoms with E-state index in [9.17, 15) is 26.7 Å². The van der Waals surface area contributed by atoms with Gasteiger partial charge in [0.25, 0.3) is 5.91 Å². The van der Waals surface area contributed by atoms with E-state index in [-0.39, 0.29) is 0 Å². The molecule has 1 N–H and O–H groups in total. The summed E-state index contributed by atoms with van der Waals surface area (Å²) < 4.78 is 64.7. The number of benzene rings is 2. The molecule has 110 valence electrons. The number of nitrogens with one attached hydrogen (secondary N) is 1. The first-order chi connectivity index (χ1) is 9.80. The van der Waals surface area contributed by atoms with Crippen molar-refractivity contribution < 1.29 is 26.7 Å². The van der Waals surface area contributed by atoms with Crippen molar-refractivity contribution in [2.24, 2.45) is 0 Å². The predicted molar refractivity (Wildman–Crippen MR) is 65.8 cm³/mol. The van der Waals surface area contributed by atoms with Crippen LogP contribution in [0.25, 0.3) is 0 Å². The monoisotopic (exact) mass is 301 g/mol. The molecule has 2 rings (SSSR count). The molecule has 0 aliphatic carbocycles. The molecule has 0 aliphatic heterocycles. The second-order valence-electron chi connectivity index (χ2n) is 4.10. The Bertz CT molecular complexity index is 681. The van der Waals surface area contributed by atoms with Gasteiger partial charge in [0.05, 0.1) is 16.8 Å². The third kappa shape index (κ3) is 3.18. The molecule has 1 amide bonds. The van der Waals surface area contributed by atoms with Gasteiger partial charge in [-0.3, -0.25) is 4.79 Å². The molecule has 21 heavy (non-hydrogen) atoms. The van der Waals surface area contributed by atoms with E-state index in [4.69, 9.17) is 0 Å². The Kier molecular flexibility index (Phi) is 3.93. The number of rotatable bonds is 2. The van der Waals surface area contributed by atoms with Gasteiger partial charge in [0.1, 0.15) is 0 Å². The van der Waals surface area contributed by atoms with Crippen LogP contribution in [0.4, 0.5) is 27.6 Å². The summed E-state index contributed by atoms with van der Waals surface area (Å²) in [5.74, 6) is -3.84. The molecule has 0 aliphatic rings. The van der Waals surface area contributed by atoms with Gasteiger partial charge in [0, 0.05) is 0 Å². The predicted octanol–water partition coefficient (Wildman–Crippen LogP) is 4.24. The number of alkyl halides is 3. The lowest BCUT2D eigenvalue weighted by atomic mass is 10.1. The van der Waals surface area contributed by atoms with Gasteiger partial charge in [-0.15, -0.1) is 0 Å². The van der Waals surface area contributed by atoms with E-state index in [0.29, 0.717) is 0 Å². The number of halogens is 5. The standard InChI is InChI=1S/C14H8F5NO/c15-10-6-3-4-8(12(10)16)13(21)20-11-7-2-1-5-9(11)14(17,18)19/h1-7H,(H,20,21). The summed E-state index contributed by atoms with van der Waals surface area (Å²) in [5.41, 5.74) is -2.28. The number of hydrogen-bond donors (Lipinski definition) is 1. The minimum atomic E-state index is -4.68. The molecule has 2 aromatic rings. The molecule has 7 heteroatoms. The van der Waals surface area contributed by atoms with Crippen molar-refractivity contribution in [3.63, 3.8) is 0 Å². The van der Waals surface area contributed by atoms with Crippen LogP contribution in [0, 0.1) is 11.6 Å². The van der Waals surface area contributed by atoms with E-state index in [2.05, 4.69) is 0 Å². The van der Waals surface area contributed by atoms with E-state index in [0.717, 1.165) is 36.4 Å². The minimum absolute atomic E-state index is 0.529. The Balaban J connectivity index is 2.35. The first-order valence-electron chi connectivity index (χ1n) is 5.72. The van der Waals surface area contributed by atoms with Crippen LogP contribution in [-0.2, 0) is 6.18 Å². The Morgan fingerprint density at radius 2 is 1.62 bits per heavy atom. The molecule has 0 unspecified atom stereocenters. The summed E-state index contributed by atoms with van der Waals surface area (Å²) in [6, 6.07) is 7.10. The maximum atomic E-state index is 13.4. The highest BCUT2D eigenvalue weighted by atomic mass is 19.4. The van der Waals surface area contributed by atoms with Gasteiger partial charge in [-0.25, -0.2) is 8.78 Å². The highest BCUT2D eigenvalue weighted by Crippen LogP contribution is 2.34. The number of carbonyl (C=O) groups excluding carboxylic acids is 1. The fourth-order valence-electron chi connectivity index (χ4n) is 1.71. The van der Waals surface area contributed by atoms with E-state index < -0.39 is 40.5 Å². The molecule has 0 fully saturated rings. The first kappa shape index (κ1) is 15.0. The molecule has 0 saturated carbocycles. The number of para-hydroxylation sites is 1. The SMILES string of the molecule is O=C(Nc1ccccc1C(F)(F)F)c1cccc(F)c1F. The molecular formula is C14H8F5NO. The summed E-state index contributed by atoms with van der Waals surface area (Å²) >= 11 is 0. The average Bonchev–Trinajstić information content (AvgIpc) is 2.41. The van der Waals surface area contributed by atoms with Crippen LogP contribution in [0.1, 0.15) is 15.9 Å². The van der Waals surface area contributed by atoms with Crippen LogP contribution in [0.3, 0.4) is 0 Å². The topological polar surface area (TPSA) is 29.1 Å². The fraction of sp³-hybridized carbons (Fsp3) is 0.0714. The quantitative estimate of drug-likeness (QED) is 0.826. The van der Waals surface area contributed by atoms with E-state index in [1.54, 1.807) is 0 Å². The molecule has 0 saturated heterocycles. The van der Waals surface area contributed by atoms with Crippen LogP contribution < -0.4 is 5.32 Å². The lowest BCUT2D eigenvalue weighted by Crippen LogP contribution is -2.18. The summed E-state index contributed by atoms with van der Waals surface area (Å²) in [5, 5.41) is 1.94. The van der Waals surface area contributed by atoms with E-state index in [1.165, 1.54) is 6.07 Å². The summed E-state index contributed by atoms with van der Waals surface area (Å²) in [6.07, 6.45) is -4.68. The van der Waals surface area contributed by atoms with Crippen LogP contribution in [-0.4, -0.2) is 5.91 Å². The zero-order valence-electron chi connectivity index (χ0n) is 10.3. The molecule has 0 aromatic heterocycles. The number of amides is 1. The summed E-state index contributed by atoms with van der Waals surface area (Å²) in [7, 11) is 0. The van der Waals surface area contributed by atoms with Gasteiger partial charge in [-0.1, -0.05) is 18.2 Å². The van der Waals surface area contributed by atoms with E-state index >= 15 is 0 Å². The third-order valence-electron chi connectivity index (χ3n) is 2.68. The van der Waals surface area contributed by atoms with Gasteiger partial charge in [-0.05, 0) is 24.3 Å². The number of hydrogen-bond acceptors (Lipinski definition) is 1. The summed E-state index contributed by atoms with van der Waals surface area (Å²) in [4.78, 5) is 11.8. The van der Waals surface area contributed by atoms with Crippen molar-refractivity contribution in [2.75, 3.05) is 5.32 Å². The lowest BCUT2D eigenvalue weighted by molar-refractivity contribution is -0.136. The van der Waals surface area contributed by atoms with Gasteiger partial charge in [0.15, 0.2) is 11.6 Å². The Labute approximate surface area is 116 Å². The molecule has 2 nitrogen and oxygen atoms in total. The van der Waals surface area contributed by atoms with Crippen LogP contribution >= 0.6 is 0 Å². The van der Waals surface area contributed by atoms with Gasteiger partial charge < -0.3 is 5.32 Å². The molecule has 0 heterocycles. The second-order valence-corrected chi connectivity index (χ2v) is 4.10. The third-order valence-corrected chi connectivity index (χ3v) is 2.68.